The Kier molecular flexibility index (Phi) is 4.29. The number of hydrogen-bond acceptors (Lipinski definition) is 2. The number of benzene rings is 3. The average molecular weight is 347 g/mol. The standard InChI is InChI=1S/C22H19ClN2/c1-16-12-13-19(14-20(16)23)25-22(18-10-6-3-7-11-18)15-21(24-25)17-8-4-2-5-9-17/h2-14,22H,15H2,1H3. The third-order valence-corrected chi connectivity index (χ3v) is 5.03. The van der Waals surface area contributed by atoms with Crippen molar-refractivity contribution in [2.45, 2.75) is 19.4 Å². The van der Waals surface area contributed by atoms with Crippen molar-refractivity contribution in [3.8, 4) is 0 Å². The summed E-state index contributed by atoms with van der Waals surface area (Å²) in [6.07, 6.45) is 0.875. The molecular formula is C22H19ClN2. The van der Waals surface area contributed by atoms with Crippen molar-refractivity contribution in [1.82, 2.24) is 0 Å². The van der Waals surface area contributed by atoms with Crippen molar-refractivity contribution in [3.63, 3.8) is 0 Å². The van der Waals surface area contributed by atoms with Gasteiger partial charge < -0.3 is 0 Å². The summed E-state index contributed by atoms with van der Waals surface area (Å²) in [6.45, 7) is 2.02. The number of hydrazone groups is 1. The number of rotatable bonds is 3. The number of aryl methyl sites for hydroxylation is 1. The largest absolute Gasteiger partial charge is 0.257 e. The predicted molar refractivity (Wildman–Crippen MR) is 105 cm³/mol. The highest BCUT2D eigenvalue weighted by Gasteiger charge is 2.29. The fraction of sp³-hybridized carbons (Fsp3) is 0.136. The fourth-order valence-corrected chi connectivity index (χ4v) is 3.39. The second-order valence-corrected chi connectivity index (χ2v) is 6.73. The monoisotopic (exact) mass is 346 g/mol. The Morgan fingerprint density at radius 1 is 0.920 bits per heavy atom. The molecule has 1 aliphatic heterocycles. The number of nitrogens with zero attached hydrogens (tertiary/aromatic N) is 2. The van der Waals surface area contributed by atoms with E-state index in [-0.39, 0.29) is 6.04 Å². The summed E-state index contributed by atoms with van der Waals surface area (Å²) in [5, 5.41) is 7.82. The fourth-order valence-electron chi connectivity index (χ4n) is 3.21. The highest BCUT2D eigenvalue weighted by Crippen LogP contribution is 2.37. The first-order valence-electron chi connectivity index (χ1n) is 8.45. The molecule has 0 aromatic heterocycles. The molecule has 25 heavy (non-hydrogen) atoms. The smallest absolute Gasteiger partial charge is 0.0831 e. The van der Waals surface area contributed by atoms with Crippen molar-refractivity contribution >= 4 is 23.0 Å². The zero-order valence-electron chi connectivity index (χ0n) is 14.1. The van der Waals surface area contributed by atoms with E-state index in [1.807, 2.05) is 25.1 Å². The molecular weight excluding hydrogens is 328 g/mol. The van der Waals surface area contributed by atoms with Gasteiger partial charge in [-0.15, -0.1) is 0 Å². The lowest BCUT2D eigenvalue weighted by atomic mass is 9.98. The second kappa shape index (κ2) is 6.73. The van der Waals surface area contributed by atoms with Gasteiger partial charge in [0.25, 0.3) is 0 Å². The number of halogens is 1. The van der Waals surface area contributed by atoms with Crippen LogP contribution in [-0.4, -0.2) is 5.71 Å². The van der Waals surface area contributed by atoms with Crippen molar-refractivity contribution in [2.24, 2.45) is 5.10 Å². The molecule has 0 aliphatic carbocycles. The van der Waals surface area contributed by atoms with Gasteiger partial charge in [0.05, 0.1) is 17.4 Å². The van der Waals surface area contributed by atoms with Crippen LogP contribution in [0.25, 0.3) is 0 Å². The van der Waals surface area contributed by atoms with Gasteiger partial charge in [0.15, 0.2) is 0 Å². The van der Waals surface area contributed by atoms with Gasteiger partial charge in [-0.05, 0) is 35.7 Å². The molecule has 3 heteroatoms. The summed E-state index contributed by atoms with van der Waals surface area (Å²) in [4.78, 5) is 0. The molecule has 0 saturated carbocycles. The van der Waals surface area contributed by atoms with Gasteiger partial charge in [-0.3, -0.25) is 5.01 Å². The van der Waals surface area contributed by atoms with E-state index >= 15 is 0 Å². The maximum atomic E-state index is 6.36. The van der Waals surface area contributed by atoms with Crippen LogP contribution in [0.2, 0.25) is 5.02 Å². The maximum Gasteiger partial charge on any atom is 0.0831 e. The molecule has 0 amide bonds. The van der Waals surface area contributed by atoms with Gasteiger partial charge in [0.2, 0.25) is 0 Å². The molecule has 3 aromatic carbocycles. The van der Waals surface area contributed by atoms with Crippen LogP contribution in [-0.2, 0) is 0 Å². The maximum absolute atomic E-state index is 6.36. The topological polar surface area (TPSA) is 15.6 Å². The summed E-state index contributed by atoms with van der Waals surface area (Å²) in [5.41, 5.74) is 5.63. The molecule has 1 heterocycles. The molecule has 0 fully saturated rings. The lowest BCUT2D eigenvalue weighted by Crippen LogP contribution is -2.18. The van der Waals surface area contributed by atoms with E-state index in [9.17, 15) is 0 Å². The van der Waals surface area contributed by atoms with Crippen LogP contribution in [0.1, 0.15) is 29.2 Å². The minimum Gasteiger partial charge on any atom is -0.257 e. The van der Waals surface area contributed by atoms with Crippen LogP contribution in [0.3, 0.4) is 0 Å². The van der Waals surface area contributed by atoms with E-state index in [1.54, 1.807) is 0 Å². The van der Waals surface area contributed by atoms with E-state index in [0.29, 0.717) is 0 Å². The molecule has 3 aromatic rings. The third kappa shape index (κ3) is 3.18. The van der Waals surface area contributed by atoms with Crippen molar-refractivity contribution in [3.05, 3.63) is 101 Å². The lowest BCUT2D eigenvalue weighted by Gasteiger charge is -2.24. The quantitative estimate of drug-likeness (QED) is 0.567. The SMILES string of the molecule is Cc1ccc(N2N=C(c3ccccc3)CC2c2ccccc2)cc1Cl. The summed E-state index contributed by atoms with van der Waals surface area (Å²) in [7, 11) is 0. The van der Waals surface area contributed by atoms with E-state index in [1.165, 1.54) is 11.1 Å². The van der Waals surface area contributed by atoms with E-state index in [0.717, 1.165) is 28.4 Å². The Morgan fingerprint density at radius 2 is 1.60 bits per heavy atom. The van der Waals surface area contributed by atoms with Gasteiger partial charge in [0, 0.05) is 11.4 Å². The van der Waals surface area contributed by atoms with E-state index in [2.05, 4.69) is 65.7 Å². The van der Waals surface area contributed by atoms with Gasteiger partial charge in [-0.2, -0.15) is 5.10 Å². The molecule has 0 spiro atoms. The summed E-state index contributed by atoms with van der Waals surface area (Å²) < 4.78 is 0. The third-order valence-electron chi connectivity index (χ3n) is 4.62. The zero-order chi connectivity index (χ0) is 17.2. The Bertz CT molecular complexity index is 904. The summed E-state index contributed by atoms with van der Waals surface area (Å²) >= 11 is 6.36. The van der Waals surface area contributed by atoms with Gasteiger partial charge >= 0.3 is 0 Å². The number of anilines is 1. The zero-order valence-corrected chi connectivity index (χ0v) is 14.8. The molecule has 1 unspecified atom stereocenters. The molecule has 4 rings (SSSR count). The lowest BCUT2D eigenvalue weighted by molar-refractivity contribution is 0.709. The normalized spacial score (nSPS) is 16.8. The average Bonchev–Trinajstić information content (AvgIpc) is 3.11. The molecule has 0 bridgehead atoms. The van der Waals surface area contributed by atoms with Crippen LogP contribution in [0, 0.1) is 6.92 Å². The first-order valence-corrected chi connectivity index (χ1v) is 8.83. The van der Waals surface area contributed by atoms with Crippen LogP contribution in [0.15, 0.2) is 84.0 Å². The Balaban J connectivity index is 1.77. The van der Waals surface area contributed by atoms with Gasteiger partial charge in [-0.1, -0.05) is 78.3 Å². The molecule has 0 radical (unpaired) electrons. The van der Waals surface area contributed by atoms with Crippen molar-refractivity contribution in [2.75, 3.05) is 5.01 Å². The first kappa shape index (κ1) is 15.9. The Hall–Kier alpha value is -2.58. The van der Waals surface area contributed by atoms with E-state index < -0.39 is 0 Å². The van der Waals surface area contributed by atoms with Crippen molar-refractivity contribution < 1.29 is 0 Å². The van der Waals surface area contributed by atoms with Crippen LogP contribution >= 0.6 is 11.6 Å². The van der Waals surface area contributed by atoms with Crippen LogP contribution in [0.5, 0.6) is 0 Å². The minimum atomic E-state index is 0.176. The molecule has 0 N–H and O–H groups in total. The second-order valence-electron chi connectivity index (χ2n) is 6.32. The molecule has 2 nitrogen and oxygen atoms in total. The van der Waals surface area contributed by atoms with Crippen LogP contribution in [0.4, 0.5) is 5.69 Å². The highest BCUT2D eigenvalue weighted by molar-refractivity contribution is 6.31. The summed E-state index contributed by atoms with van der Waals surface area (Å²) in [5.74, 6) is 0. The molecule has 1 atom stereocenters. The Labute approximate surface area is 153 Å². The summed E-state index contributed by atoms with van der Waals surface area (Å²) in [6, 6.07) is 27.2. The molecule has 124 valence electrons. The van der Waals surface area contributed by atoms with Gasteiger partial charge in [-0.25, -0.2) is 0 Å². The van der Waals surface area contributed by atoms with Gasteiger partial charge in [0.1, 0.15) is 0 Å². The highest BCUT2D eigenvalue weighted by atomic mass is 35.5. The van der Waals surface area contributed by atoms with E-state index in [4.69, 9.17) is 16.7 Å². The first-order chi connectivity index (χ1) is 12.2. The molecule has 1 aliphatic rings. The number of hydrogen-bond donors (Lipinski definition) is 0. The molecule has 0 saturated heterocycles. The Morgan fingerprint density at radius 3 is 2.28 bits per heavy atom. The van der Waals surface area contributed by atoms with Crippen molar-refractivity contribution in [1.29, 1.82) is 0 Å². The predicted octanol–water partition coefficient (Wildman–Crippen LogP) is 6.00. The van der Waals surface area contributed by atoms with Crippen LogP contribution < -0.4 is 5.01 Å². The minimum absolute atomic E-state index is 0.176.